The lowest BCUT2D eigenvalue weighted by Gasteiger charge is -2.42. The fourth-order valence-corrected chi connectivity index (χ4v) is 5.00. The number of fused-ring (bicyclic) bond motifs is 1. The molecular weight excluding hydrogens is 356 g/mol. The zero-order valence-corrected chi connectivity index (χ0v) is 15.4. The molecule has 1 amide bonds. The molecule has 138 valence electrons. The number of thioether (sulfide) groups is 1. The van der Waals surface area contributed by atoms with Crippen molar-refractivity contribution in [3.63, 3.8) is 0 Å². The van der Waals surface area contributed by atoms with Crippen molar-refractivity contribution in [3.05, 3.63) is 50.5 Å². The van der Waals surface area contributed by atoms with E-state index < -0.39 is 10.9 Å². The van der Waals surface area contributed by atoms with Crippen LogP contribution in [0.4, 0.5) is 5.69 Å². The summed E-state index contributed by atoms with van der Waals surface area (Å²) in [6.07, 6.45) is 1.99. The number of nitrogens with zero attached hydrogens (tertiary/aromatic N) is 2. The summed E-state index contributed by atoms with van der Waals surface area (Å²) in [5, 5.41) is 20.3. The Bertz CT molecular complexity index is 789. The van der Waals surface area contributed by atoms with Crippen molar-refractivity contribution in [2.45, 2.75) is 44.4 Å². The Hall–Kier alpha value is -2.35. The van der Waals surface area contributed by atoms with Gasteiger partial charge in [-0.05, 0) is 18.4 Å². The van der Waals surface area contributed by atoms with Crippen LogP contribution in [-0.2, 0) is 16.0 Å². The van der Waals surface area contributed by atoms with Crippen molar-refractivity contribution in [2.24, 2.45) is 5.92 Å². The van der Waals surface area contributed by atoms with Crippen molar-refractivity contribution in [1.82, 2.24) is 4.90 Å². The van der Waals surface area contributed by atoms with Gasteiger partial charge in [-0.2, -0.15) is 0 Å². The zero-order valence-electron chi connectivity index (χ0n) is 14.5. The van der Waals surface area contributed by atoms with Gasteiger partial charge in [0.15, 0.2) is 0 Å². The van der Waals surface area contributed by atoms with Crippen LogP contribution in [0.3, 0.4) is 0 Å². The molecule has 1 aromatic rings. The molecule has 8 heteroatoms. The molecule has 1 fully saturated rings. The Morgan fingerprint density at radius 3 is 2.62 bits per heavy atom. The fourth-order valence-electron chi connectivity index (χ4n) is 3.68. The Kier molecular flexibility index (Phi) is 5.04. The minimum atomic E-state index is -1.06. The number of carbonyl (C=O) groups is 2. The number of hydrogen-bond donors (Lipinski definition) is 1. The maximum atomic E-state index is 12.2. The second-order valence-electron chi connectivity index (χ2n) is 6.63. The van der Waals surface area contributed by atoms with E-state index in [0.717, 1.165) is 16.9 Å². The first-order valence-electron chi connectivity index (χ1n) is 8.53. The molecule has 1 aromatic carbocycles. The highest BCUT2D eigenvalue weighted by molar-refractivity contribution is 8.03. The number of rotatable bonds is 7. The Labute approximate surface area is 155 Å². The standard InChI is InChI=1S/C18H20N2O5S/c1-3-13-14-9-15(16(18(22)23)19(14)17(13)21)26-10(2)8-11-4-6-12(7-5-11)20(24)25/h4-7,10,13-14H,3,8-9H2,1-2H3,(H,22,23)/t10?,13-,14+/m0/s1. The van der Waals surface area contributed by atoms with Gasteiger partial charge in [-0.1, -0.05) is 26.0 Å². The normalized spacial score (nSPS) is 22.8. The maximum Gasteiger partial charge on any atom is 0.353 e. The molecule has 3 atom stereocenters. The van der Waals surface area contributed by atoms with Gasteiger partial charge in [-0.15, -0.1) is 11.8 Å². The largest absolute Gasteiger partial charge is 0.477 e. The molecule has 1 N–H and O–H groups in total. The van der Waals surface area contributed by atoms with E-state index in [1.54, 1.807) is 12.1 Å². The number of aliphatic carboxylic acids is 1. The number of carbonyl (C=O) groups excluding carboxylic acids is 1. The highest BCUT2D eigenvalue weighted by Gasteiger charge is 2.54. The second kappa shape index (κ2) is 7.11. The quantitative estimate of drug-likeness (QED) is 0.445. The summed E-state index contributed by atoms with van der Waals surface area (Å²) in [6, 6.07) is 6.37. The Morgan fingerprint density at radius 1 is 1.42 bits per heavy atom. The summed E-state index contributed by atoms with van der Waals surface area (Å²) >= 11 is 1.48. The number of β-lactam (4-membered cyclic amide) rings is 1. The summed E-state index contributed by atoms with van der Waals surface area (Å²) in [6.45, 7) is 3.94. The van der Waals surface area contributed by atoms with Crippen molar-refractivity contribution in [2.75, 3.05) is 0 Å². The summed E-state index contributed by atoms with van der Waals surface area (Å²) in [5.74, 6) is -1.22. The van der Waals surface area contributed by atoms with E-state index in [-0.39, 0.29) is 34.5 Å². The third-order valence-corrected chi connectivity index (χ3v) is 6.12. The van der Waals surface area contributed by atoms with Crippen LogP contribution in [0.2, 0.25) is 0 Å². The van der Waals surface area contributed by atoms with E-state index in [1.165, 1.54) is 28.8 Å². The van der Waals surface area contributed by atoms with Crippen molar-refractivity contribution in [3.8, 4) is 0 Å². The van der Waals surface area contributed by atoms with Gasteiger partial charge < -0.3 is 10.0 Å². The second-order valence-corrected chi connectivity index (χ2v) is 8.16. The summed E-state index contributed by atoms with van der Waals surface area (Å²) in [7, 11) is 0. The smallest absolute Gasteiger partial charge is 0.353 e. The van der Waals surface area contributed by atoms with E-state index in [1.807, 2.05) is 13.8 Å². The van der Waals surface area contributed by atoms with E-state index in [9.17, 15) is 24.8 Å². The summed E-state index contributed by atoms with van der Waals surface area (Å²) < 4.78 is 0. The third kappa shape index (κ3) is 3.21. The number of non-ortho nitro benzene ring substituents is 1. The Morgan fingerprint density at radius 2 is 2.08 bits per heavy atom. The van der Waals surface area contributed by atoms with Crippen LogP contribution in [0.1, 0.15) is 32.3 Å². The number of carboxylic acids is 1. The van der Waals surface area contributed by atoms with Gasteiger partial charge in [0.2, 0.25) is 5.91 Å². The molecule has 1 saturated heterocycles. The molecule has 3 rings (SSSR count). The van der Waals surface area contributed by atoms with E-state index in [4.69, 9.17) is 0 Å². The van der Waals surface area contributed by atoms with E-state index in [0.29, 0.717) is 12.8 Å². The minimum absolute atomic E-state index is 0.0207. The summed E-state index contributed by atoms with van der Waals surface area (Å²) in [5.41, 5.74) is 1.14. The van der Waals surface area contributed by atoms with Crippen molar-refractivity contribution < 1.29 is 19.6 Å². The predicted octanol–water partition coefficient (Wildman–Crippen LogP) is 3.20. The first kappa shape index (κ1) is 18.4. The molecule has 26 heavy (non-hydrogen) atoms. The average molecular weight is 376 g/mol. The maximum absolute atomic E-state index is 12.2. The van der Waals surface area contributed by atoms with Crippen LogP contribution < -0.4 is 0 Å². The molecule has 2 heterocycles. The number of amides is 1. The molecule has 0 spiro atoms. The minimum Gasteiger partial charge on any atom is -0.477 e. The molecule has 0 saturated carbocycles. The lowest BCUT2D eigenvalue weighted by atomic mass is 9.85. The van der Waals surface area contributed by atoms with Gasteiger partial charge in [0.1, 0.15) is 5.70 Å². The Balaban J connectivity index is 1.70. The van der Waals surface area contributed by atoms with Crippen LogP contribution in [0.15, 0.2) is 34.9 Å². The SMILES string of the molecule is CC[C@@H]1C(=O)N2C(C(=O)O)=C(SC(C)Cc3ccc([N+](=O)[O-])cc3)C[C@H]12. The van der Waals surface area contributed by atoms with Crippen LogP contribution in [0.5, 0.6) is 0 Å². The van der Waals surface area contributed by atoms with E-state index in [2.05, 4.69) is 0 Å². The lowest BCUT2D eigenvalue weighted by molar-refractivity contribution is -0.384. The molecule has 2 aliphatic rings. The zero-order chi connectivity index (χ0) is 19.0. The number of nitro benzene ring substituents is 1. The number of nitro groups is 1. The number of benzene rings is 1. The average Bonchev–Trinajstić information content (AvgIpc) is 2.90. The molecule has 2 aliphatic heterocycles. The van der Waals surface area contributed by atoms with Crippen molar-refractivity contribution in [1.29, 1.82) is 0 Å². The predicted molar refractivity (Wildman–Crippen MR) is 97.5 cm³/mol. The van der Waals surface area contributed by atoms with Crippen LogP contribution in [0, 0.1) is 16.0 Å². The monoisotopic (exact) mass is 376 g/mol. The van der Waals surface area contributed by atoms with Crippen molar-refractivity contribution >= 4 is 29.3 Å². The summed E-state index contributed by atoms with van der Waals surface area (Å²) in [4.78, 5) is 36.3. The van der Waals surface area contributed by atoms with Gasteiger partial charge in [-0.3, -0.25) is 14.9 Å². The van der Waals surface area contributed by atoms with Crippen LogP contribution in [0.25, 0.3) is 0 Å². The molecule has 0 bridgehead atoms. The molecule has 0 radical (unpaired) electrons. The fraction of sp³-hybridized carbons (Fsp3) is 0.444. The molecular formula is C18H20N2O5S. The van der Waals surface area contributed by atoms with Gasteiger partial charge in [0.25, 0.3) is 5.69 Å². The molecule has 0 aliphatic carbocycles. The van der Waals surface area contributed by atoms with Crippen LogP contribution in [-0.4, -0.2) is 38.1 Å². The van der Waals surface area contributed by atoms with Gasteiger partial charge in [-0.25, -0.2) is 4.79 Å². The molecule has 7 nitrogen and oxygen atoms in total. The first-order chi connectivity index (χ1) is 12.3. The van der Waals surface area contributed by atoms with E-state index >= 15 is 0 Å². The molecule has 1 unspecified atom stereocenters. The highest BCUT2D eigenvalue weighted by Crippen LogP contribution is 2.48. The number of carboxylic acid groups (broad SMARTS) is 1. The number of hydrogen-bond acceptors (Lipinski definition) is 5. The first-order valence-corrected chi connectivity index (χ1v) is 9.41. The topological polar surface area (TPSA) is 101 Å². The van der Waals surface area contributed by atoms with Gasteiger partial charge in [0, 0.05) is 28.7 Å². The molecule has 0 aromatic heterocycles. The highest BCUT2D eigenvalue weighted by atomic mass is 32.2. The van der Waals surface area contributed by atoms with Crippen LogP contribution >= 0.6 is 11.8 Å². The van der Waals surface area contributed by atoms with Gasteiger partial charge >= 0.3 is 5.97 Å². The third-order valence-electron chi connectivity index (χ3n) is 4.91. The van der Waals surface area contributed by atoms with Gasteiger partial charge in [0.05, 0.1) is 16.9 Å². The lowest BCUT2D eigenvalue weighted by Crippen LogP contribution is -2.58.